The monoisotopic (exact) mass is 341 g/mol. The molecule has 5 nitrogen and oxygen atoms in total. The van der Waals surface area contributed by atoms with Crippen molar-refractivity contribution < 1.29 is 9.59 Å². The number of allylic oxidation sites excluding steroid dienone is 1. The minimum Gasteiger partial charge on any atom is -0.343 e. The molecule has 1 spiro atoms. The first-order valence-electron chi connectivity index (χ1n) is 9.22. The molecule has 1 aromatic rings. The zero-order chi connectivity index (χ0) is 17.7. The summed E-state index contributed by atoms with van der Waals surface area (Å²) >= 11 is 0. The van der Waals surface area contributed by atoms with Gasteiger partial charge in [-0.3, -0.25) is 14.6 Å². The number of pyridine rings is 1. The van der Waals surface area contributed by atoms with E-state index in [2.05, 4.69) is 11.6 Å². The number of hydrogen-bond donors (Lipinski definition) is 0. The Bertz CT molecular complexity index is 621. The van der Waals surface area contributed by atoms with Crippen molar-refractivity contribution >= 4 is 11.8 Å². The molecule has 0 saturated carbocycles. The molecule has 0 N–H and O–H groups in total. The molecule has 134 valence electrons. The summed E-state index contributed by atoms with van der Waals surface area (Å²) in [6, 6.07) is 3.93. The molecule has 5 heteroatoms. The summed E-state index contributed by atoms with van der Waals surface area (Å²) in [7, 11) is 0. The minimum atomic E-state index is -0.268. The van der Waals surface area contributed by atoms with Gasteiger partial charge in [0.05, 0.1) is 5.41 Å². The second-order valence-corrected chi connectivity index (χ2v) is 7.18. The molecule has 0 radical (unpaired) electrons. The molecule has 0 aliphatic carbocycles. The van der Waals surface area contributed by atoms with Crippen molar-refractivity contribution in [2.75, 3.05) is 19.6 Å². The molecular formula is C20H27N3O2. The van der Waals surface area contributed by atoms with E-state index in [0.29, 0.717) is 26.1 Å². The van der Waals surface area contributed by atoms with Gasteiger partial charge in [-0.25, -0.2) is 0 Å². The fraction of sp³-hybridized carbons (Fsp3) is 0.550. The Morgan fingerprint density at radius 3 is 2.76 bits per heavy atom. The van der Waals surface area contributed by atoms with E-state index in [1.807, 2.05) is 28.1 Å². The molecule has 2 aliphatic rings. The van der Waals surface area contributed by atoms with Gasteiger partial charge in [-0.05, 0) is 43.7 Å². The van der Waals surface area contributed by atoms with E-state index in [9.17, 15) is 9.59 Å². The van der Waals surface area contributed by atoms with Crippen LogP contribution in [0, 0.1) is 5.41 Å². The lowest BCUT2D eigenvalue weighted by Crippen LogP contribution is -2.54. The lowest BCUT2D eigenvalue weighted by molar-refractivity contribution is -0.153. The SMILES string of the molecule is C=CCCC(=O)N1CCC2(CCCN(Cc3cccnc3)C2=O)CC1. The highest BCUT2D eigenvalue weighted by atomic mass is 16.2. The van der Waals surface area contributed by atoms with E-state index in [4.69, 9.17) is 0 Å². The van der Waals surface area contributed by atoms with Crippen LogP contribution in [0.4, 0.5) is 0 Å². The van der Waals surface area contributed by atoms with Crippen LogP contribution in [0.15, 0.2) is 37.2 Å². The van der Waals surface area contributed by atoms with Crippen LogP contribution in [-0.4, -0.2) is 46.2 Å². The van der Waals surface area contributed by atoms with E-state index in [-0.39, 0.29) is 17.2 Å². The highest BCUT2D eigenvalue weighted by molar-refractivity contribution is 5.84. The van der Waals surface area contributed by atoms with Crippen LogP contribution < -0.4 is 0 Å². The fourth-order valence-electron chi connectivity index (χ4n) is 4.05. The van der Waals surface area contributed by atoms with Gasteiger partial charge in [-0.15, -0.1) is 6.58 Å². The Morgan fingerprint density at radius 1 is 1.28 bits per heavy atom. The summed E-state index contributed by atoms with van der Waals surface area (Å²) in [5.41, 5.74) is 0.806. The van der Waals surface area contributed by atoms with Crippen molar-refractivity contribution in [3.63, 3.8) is 0 Å². The minimum absolute atomic E-state index is 0.185. The van der Waals surface area contributed by atoms with Crippen molar-refractivity contribution in [1.82, 2.24) is 14.8 Å². The van der Waals surface area contributed by atoms with Gasteiger partial charge in [0.2, 0.25) is 11.8 Å². The van der Waals surface area contributed by atoms with E-state index < -0.39 is 0 Å². The van der Waals surface area contributed by atoms with Gasteiger partial charge in [-0.1, -0.05) is 12.1 Å². The lowest BCUT2D eigenvalue weighted by atomic mass is 9.71. The molecule has 2 fully saturated rings. The molecule has 2 aliphatic heterocycles. The van der Waals surface area contributed by atoms with E-state index in [1.54, 1.807) is 12.3 Å². The van der Waals surface area contributed by atoms with E-state index >= 15 is 0 Å². The number of rotatable bonds is 5. The van der Waals surface area contributed by atoms with Crippen molar-refractivity contribution in [1.29, 1.82) is 0 Å². The molecule has 3 rings (SSSR count). The van der Waals surface area contributed by atoms with Crippen molar-refractivity contribution in [3.05, 3.63) is 42.7 Å². The largest absolute Gasteiger partial charge is 0.343 e. The maximum absolute atomic E-state index is 13.1. The number of piperidine rings is 2. The molecule has 0 aromatic carbocycles. The Morgan fingerprint density at radius 2 is 2.08 bits per heavy atom. The number of aromatic nitrogens is 1. The van der Waals surface area contributed by atoms with E-state index in [0.717, 1.165) is 44.2 Å². The lowest BCUT2D eigenvalue weighted by Gasteiger charge is -2.46. The summed E-state index contributed by atoms with van der Waals surface area (Å²) < 4.78 is 0. The molecule has 0 atom stereocenters. The highest BCUT2D eigenvalue weighted by Crippen LogP contribution is 2.41. The summed E-state index contributed by atoms with van der Waals surface area (Å²) in [4.78, 5) is 33.4. The first kappa shape index (κ1) is 17.6. The molecule has 0 unspecified atom stereocenters. The normalized spacial score (nSPS) is 19.9. The maximum atomic E-state index is 13.1. The zero-order valence-corrected chi connectivity index (χ0v) is 14.8. The average Bonchev–Trinajstić information content (AvgIpc) is 2.65. The third kappa shape index (κ3) is 3.91. The van der Waals surface area contributed by atoms with Gasteiger partial charge in [-0.2, -0.15) is 0 Å². The molecule has 1 aromatic heterocycles. The Hall–Kier alpha value is -2.17. The molecule has 3 heterocycles. The predicted octanol–water partition coefficient (Wildman–Crippen LogP) is 2.78. The summed E-state index contributed by atoms with van der Waals surface area (Å²) in [6.07, 6.45) is 10.2. The van der Waals surface area contributed by atoms with Gasteiger partial charge >= 0.3 is 0 Å². The second kappa shape index (κ2) is 7.81. The first-order valence-corrected chi connectivity index (χ1v) is 9.22. The number of nitrogens with zero attached hydrogens (tertiary/aromatic N) is 3. The molecular weight excluding hydrogens is 314 g/mol. The van der Waals surface area contributed by atoms with Crippen LogP contribution >= 0.6 is 0 Å². The Kier molecular flexibility index (Phi) is 5.51. The van der Waals surface area contributed by atoms with Crippen LogP contribution in [0.5, 0.6) is 0 Å². The second-order valence-electron chi connectivity index (χ2n) is 7.18. The van der Waals surface area contributed by atoms with Crippen LogP contribution in [0.1, 0.15) is 44.1 Å². The number of amides is 2. The summed E-state index contributed by atoms with van der Waals surface area (Å²) in [5, 5.41) is 0. The quantitative estimate of drug-likeness (QED) is 0.774. The predicted molar refractivity (Wildman–Crippen MR) is 96.6 cm³/mol. The molecule has 2 amide bonds. The van der Waals surface area contributed by atoms with Crippen molar-refractivity contribution in [3.8, 4) is 0 Å². The van der Waals surface area contributed by atoms with Crippen LogP contribution in [0.3, 0.4) is 0 Å². The smallest absolute Gasteiger partial charge is 0.229 e. The number of hydrogen-bond acceptors (Lipinski definition) is 3. The van der Waals surface area contributed by atoms with Gasteiger partial charge in [0.1, 0.15) is 0 Å². The highest BCUT2D eigenvalue weighted by Gasteiger charge is 2.46. The van der Waals surface area contributed by atoms with Crippen molar-refractivity contribution in [2.24, 2.45) is 5.41 Å². The number of carbonyl (C=O) groups excluding carboxylic acids is 2. The van der Waals surface area contributed by atoms with Crippen LogP contribution in [0.25, 0.3) is 0 Å². The summed E-state index contributed by atoms with van der Waals surface area (Å²) in [5.74, 6) is 0.450. The zero-order valence-electron chi connectivity index (χ0n) is 14.8. The van der Waals surface area contributed by atoms with Crippen LogP contribution in [-0.2, 0) is 16.1 Å². The standard InChI is InChI=1S/C20H27N3O2/c1-2-3-7-18(24)22-13-9-20(10-14-22)8-5-12-23(19(20)25)16-17-6-4-11-21-15-17/h2,4,6,11,15H,1,3,5,7-10,12-14,16H2. The van der Waals surface area contributed by atoms with E-state index in [1.165, 1.54) is 0 Å². The topological polar surface area (TPSA) is 53.5 Å². The number of likely N-dealkylation sites (tertiary alicyclic amines) is 2. The van der Waals surface area contributed by atoms with Gasteiger partial charge in [0.15, 0.2) is 0 Å². The molecule has 2 saturated heterocycles. The van der Waals surface area contributed by atoms with Gasteiger partial charge < -0.3 is 9.80 Å². The average molecular weight is 341 g/mol. The first-order chi connectivity index (χ1) is 12.1. The third-order valence-corrected chi connectivity index (χ3v) is 5.56. The van der Waals surface area contributed by atoms with Crippen LogP contribution in [0.2, 0.25) is 0 Å². The Balaban J connectivity index is 1.61. The molecule has 0 bridgehead atoms. The number of carbonyl (C=O) groups is 2. The molecule has 25 heavy (non-hydrogen) atoms. The fourth-order valence-corrected chi connectivity index (χ4v) is 4.05. The van der Waals surface area contributed by atoms with Gasteiger partial charge in [0, 0.05) is 45.0 Å². The van der Waals surface area contributed by atoms with Crippen molar-refractivity contribution in [2.45, 2.75) is 45.1 Å². The third-order valence-electron chi connectivity index (χ3n) is 5.56. The van der Waals surface area contributed by atoms with Gasteiger partial charge in [0.25, 0.3) is 0 Å². The Labute approximate surface area is 149 Å². The summed E-state index contributed by atoms with van der Waals surface area (Å²) in [6.45, 7) is 6.52. The maximum Gasteiger partial charge on any atom is 0.229 e.